The Morgan fingerprint density at radius 2 is 2.00 bits per heavy atom. The van der Waals surface area contributed by atoms with Gasteiger partial charge in [0.1, 0.15) is 5.75 Å². The van der Waals surface area contributed by atoms with Gasteiger partial charge in [-0.25, -0.2) is 0 Å². The van der Waals surface area contributed by atoms with Crippen molar-refractivity contribution in [2.45, 2.75) is 13.8 Å². The fourth-order valence-electron chi connectivity index (χ4n) is 1.92. The van der Waals surface area contributed by atoms with Crippen LogP contribution >= 0.6 is 24.0 Å². The van der Waals surface area contributed by atoms with Crippen molar-refractivity contribution in [3.8, 4) is 5.75 Å². The molecule has 2 rings (SSSR count). The summed E-state index contributed by atoms with van der Waals surface area (Å²) in [6, 6.07) is 7.29. The van der Waals surface area contributed by atoms with Gasteiger partial charge >= 0.3 is 0 Å². The molecule has 0 saturated carbocycles. The normalized spacial score (nSPS) is 17.9. The standard InChI is InChI=1S/C17H17NO2S2/c1-4-5-6-12(2)11-15-16(19)18(17(21)22-15)13-7-9-14(20-3)10-8-13/h4-11H,1-3H3/b5-4-,12-6+,15-11+. The van der Waals surface area contributed by atoms with Gasteiger partial charge in [-0.2, -0.15) is 0 Å². The van der Waals surface area contributed by atoms with Crippen molar-refractivity contribution in [3.63, 3.8) is 0 Å². The van der Waals surface area contributed by atoms with Crippen molar-refractivity contribution >= 4 is 39.9 Å². The third-order valence-corrected chi connectivity index (χ3v) is 4.34. The molecule has 1 fully saturated rings. The number of benzene rings is 1. The molecule has 1 heterocycles. The summed E-state index contributed by atoms with van der Waals surface area (Å²) in [5.74, 6) is 0.656. The van der Waals surface area contributed by atoms with Crippen LogP contribution in [0.25, 0.3) is 0 Å². The molecule has 1 saturated heterocycles. The number of rotatable bonds is 4. The Labute approximate surface area is 140 Å². The van der Waals surface area contributed by atoms with Crippen LogP contribution in [-0.2, 0) is 4.79 Å². The molecule has 1 aliphatic rings. The maximum atomic E-state index is 12.6. The maximum absolute atomic E-state index is 12.6. The second kappa shape index (κ2) is 7.42. The summed E-state index contributed by atoms with van der Waals surface area (Å²) in [5.41, 5.74) is 1.76. The van der Waals surface area contributed by atoms with Crippen LogP contribution in [0.15, 0.2) is 59.0 Å². The first-order valence-electron chi connectivity index (χ1n) is 6.78. The van der Waals surface area contributed by atoms with Gasteiger partial charge in [0.2, 0.25) is 0 Å². The number of thiocarbonyl (C=S) groups is 1. The van der Waals surface area contributed by atoms with Gasteiger partial charge < -0.3 is 4.74 Å². The number of hydrogen-bond acceptors (Lipinski definition) is 4. The molecular formula is C17H17NO2S2. The van der Waals surface area contributed by atoms with Gasteiger partial charge in [0.05, 0.1) is 17.7 Å². The minimum absolute atomic E-state index is 0.0894. The quantitative estimate of drug-likeness (QED) is 0.463. The molecule has 114 valence electrons. The number of methoxy groups -OCH3 is 1. The van der Waals surface area contributed by atoms with Crippen LogP contribution in [0.4, 0.5) is 5.69 Å². The Morgan fingerprint density at radius 3 is 2.59 bits per heavy atom. The van der Waals surface area contributed by atoms with E-state index in [1.54, 1.807) is 12.0 Å². The lowest BCUT2D eigenvalue weighted by molar-refractivity contribution is -0.113. The summed E-state index contributed by atoms with van der Waals surface area (Å²) in [5, 5.41) is 0. The zero-order valence-corrected chi connectivity index (χ0v) is 14.3. The van der Waals surface area contributed by atoms with Crippen LogP contribution in [0.2, 0.25) is 0 Å². The molecule has 22 heavy (non-hydrogen) atoms. The van der Waals surface area contributed by atoms with E-state index >= 15 is 0 Å². The van der Waals surface area contributed by atoms with Gasteiger partial charge in [0, 0.05) is 0 Å². The fraction of sp³-hybridized carbons (Fsp3) is 0.176. The highest BCUT2D eigenvalue weighted by Crippen LogP contribution is 2.35. The monoisotopic (exact) mass is 331 g/mol. The Hall–Kier alpha value is -1.85. The predicted molar refractivity (Wildman–Crippen MR) is 97.3 cm³/mol. The van der Waals surface area contributed by atoms with Gasteiger partial charge in [0.25, 0.3) is 5.91 Å². The smallest absolute Gasteiger partial charge is 0.270 e. The van der Waals surface area contributed by atoms with Crippen molar-refractivity contribution in [1.82, 2.24) is 0 Å². The molecule has 3 nitrogen and oxygen atoms in total. The first-order valence-corrected chi connectivity index (χ1v) is 8.01. The Balaban J connectivity index is 2.26. The second-order valence-electron chi connectivity index (χ2n) is 4.65. The number of carbonyl (C=O) groups is 1. The highest BCUT2D eigenvalue weighted by Gasteiger charge is 2.33. The van der Waals surface area contributed by atoms with Gasteiger partial charge in [-0.15, -0.1) is 0 Å². The lowest BCUT2D eigenvalue weighted by Crippen LogP contribution is -2.27. The fourth-order valence-corrected chi connectivity index (χ4v) is 3.27. The number of hydrogen-bond donors (Lipinski definition) is 0. The van der Waals surface area contributed by atoms with Crippen LogP contribution in [0.5, 0.6) is 5.75 Å². The molecule has 0 radical (unpaired) electrons. The molecule has 1 aromatic carbocycles. The van der Waals surface area contributed by atoms with Gasteiger partial charge in [-0.3, -0.25) is 9.69 Å². The van der Waals surface area contributed by atoms with E-state index in [1.165, 1.54) is 11.8 Å². The minimum atomic E-state index is -0.0894. The van der Waals surface area contributed by atoms with E-state index in [4.69, 9.17) is 17.0 Å². The van der Waals surface area contributed by atoms with E-state index in [1.807, 2.05) is 62.4 Å². The van der Waals surface area contributed by atoms with Crippen molar-refractivity contribution in [2.75, 3.05) is 12.0 Å². The van der Waals surface area contributed by atoms with Crippen LogP contribution in [-0.4, -0.2) is 17.3 Å². The van der Waals surface area contributed by atoms with Crippen molar-refractivity contribution < 1.29 is 9.53 Å². The summed E-state index contributed by atoms with van der Waals surface area (Å²) in [7, 11) is 1.61. The topological polar surface area (TPSA) is 29.5 Å². The highest BCUT2D eigenvalue weighted by atomic mass is 32.2. The lowest BCUT2D eigenvalue weighted by Gasteiger charge is -2.14. The molecule has 0 bridgehead atoms. The summed E-state index contributed by atoms with van der Waals surface area (Å²) in [6.07, 6.45) is 7.71. The van der Waals surface area contributed by atoms with Crippen LogP contribution in [0.1, 0.15) is 13.8 Å². The van der Waals surface area contributed by atoms with E-state index in [0.717, 1.165) is 17.0 Å². The lowest BCUT2D eigenvalue weighted by atomic mass is 10.2. The first kappa shape index (κ1) is 16.5. The SMILES string of the molecule is C\C=C/C=C(C)/C=C1/SC(=S)N(c2ccc(OC)cc2)C1=O. The predicted octanol–water partition coefficient (Wildman–Crippen LogP) is 4.47. The van der Waals surface area contributed by atoms with Crippen molar-refractivity contribution in [1.29, 1.82) is 0 Å². The molecule has 0 spiro atoms. The third kappa shape index (κ3) is 3.67. The largest absolute Gasteiger partial charge is 0.497 e. The second-order valence-corrected chi connectivity index (χ2v) is 6.33. The molecule has 1 amide bonds. The minimum Gasteiger partial charge on any atom is -0.497 e. The van der Waals surface area contributed by atoms with Crippen molar-refractivity contribution in [3.05, 3.63) is 59.0 Å². The van der Waals surface area contributed by atoms with Gasteiger partial charge in [-0.1, -0.05) is 42.2 Å². The zero-order chi connectivity index (χ0) is 16.1. The summed E-state index contributed by atoms with van der Waals surface area (Å²) >= 11 is 6.66. The number of anilines is 1. The molecule has 1 aromatic rings. The third-order valence-electron chi connectivity index (χ3n) is 3.03. The van der Waals surface area contributed by atoms with Gasteiger partial charge in [0.15, 0.2) is 4.32 Å². The van der Waals surface area contributed by atoms with Gasteiger partial charge in [-0.05, 0) is 49.8 Å². The van der Waals surface area contributed by atoms with Crippen LogP contribution < -0.4 is 9.64 Å². The number of allylic oxidation sites excluding steroid dienone is 5. The average Bonchev–Trinajstić information content (AvgIpc) is 2.79. The van der Waals surface area contributed by atoms with Crippen LogP contribution in [0.3, 0.4) is 0 Å². The molecule has 0 atom stereocenters. The molecule has 1 aliphatic heterocycles. The average molecular weight is 331 g/mol. The van der Waals surface area contributed by atoms with E-state index in [9.17, 15) is 4.79 Å². The van der Waals surface area contributed by atoms with E-state index < -0.39 is 0 Å². The number of thioether (sulfide) groups is 1. The summed E-state index contributed by atoms with van der Waals surface area (Å²) in [4.78, 5) is 14.7. The Bertz CT molecular complexity index is 672. The molecular weight excluding hydrogens is 314 g/mol. The van der Waals surface area contributed by atoms with E-state index in [0.29, 0.717) is 9.23 Å². The number of carbonyl (C=O) groups excluding carboxylic acids is 1. The highest BCUT2D eigenvalue weighted by molar-refractivity contribution is 8.27. The van der Waals surface area contributed by atoms with Crippen molar-refractivity contribution in [2.24, 2.45) is 0 Å². The van der Waals surface area contributed by atoms with E-state index in [2.05, 4.69) is 0 Å². The molecule has 0 aromatic heterocycles. The maximum Gasteiger partial charge on any atom is 0.270 e. The summed E-state index contributed by atoms with van der Waals surface area (Å²) < 4.78 is 5.67. The zero-order valence-electron chi connectivity index (χ0n) is 12.7. The molecule has 0 unspecified atom stereocenters. The number of amides is 1. The molecule has 0 aliphatic carbocycles. The first-order chi connectivity index (χ1) is 10.6. The Morgan fingerprint density at radius 1 is 1.32 bits per heavy atom. The van der Waals surface area contributed by atoms with Crippen LogP contribution in [0, 0.1) is 0 Å². The Kier molecular flexibility index (Phi) is 5.57. The number of ether oxygens (including phenoxy) is 1. The van der Waals surface area contributed by atoms with E-state index in [-0.39, 0.29) is 5.91 Å². The molecule has 5 heteroatoms. The number of nitrogens with zero attached hydrogens (tertiary/aromatic N) is 1. The summed E-state index contributed by atoms with van der Waals surface area (Å²) in [6.45, 7) is 3.91. The molecule has 0 N–H and O–H groups in total.